The first kappa shape index (κ1) is 20.2. The van der Waals surface area contributed by atoms with E-state index in [1.807, 2.05) is 0 Å². The maximum atomic E-state index is 13.8. The summed E-state index contributed by atoms with van der Waals surface area (Å²) < 4.78 is 56.0. The van der Waals surface area contributed by atoms with Crippen molar-refractivity contribution < 1.29 is 32.0 Å². The number of hydrogen-bond acceptors (Lipinski definition) is 8. The predicted molar refractivity (Wildman–Crippen MR) is 91.5 cm³/mol. The van der Waals surface area contributed by atoms with E-state index >= 15 is 0 Å². The molecule has 3 rings (SSSR count). The Morgan fingerprint density at radius 1 is 1.59 bits per heavy atom. The molecular weight excluding hydrogens is 387 g/mol. The van der Waals surface area contributed by atoms with E-state index in [9.17, 15) is 18.2 Å². The molecule has 0 bridgehead atoms. The maximum Gasteiger partial charge on any atom is 0.472 e. The number of halogens is 2. The fourth-order valence-corrected chi connectivity index (χ4v) is 3.98. The molecule has 10 nitrogen and oxygen atoms in total. The second kappa shape index (κ2) is 7.44. The van der Waals surface area contributed by atoms with Gasteiger partial charge in [0.1, 0.15) is 24.4 Å². The number of alkyl halides is 2. The monoisotopic (exact) mass is 409 g/mol. The fourth-order valence-electron chi connectivity index (χ4n) is 3.01. The molecule has 4 N–H and O–H groups in total. The largest absolute Gasteiger partial charge is 0.472 e. The summed E-state index contributed by atoms with van der Waals surface area (Å²) in [5.74, 6) is 0.711. The van der Waals surface area contributed by atoms with Crippen molar-refractivity contribution >= 4 is 19.5 Å². The number of phosphoric acid groups is 1. The Kier molecular flexibility index (Phi) is 5.55. The molecule has 1 saturated heterocycles. The molecule has 0 saturated carbocycles. The number of nitrogens with one attached hydrogen (secondary N) is 1. The van der Waals surface area contributed by atoms with Gasteiger partial charge in [-0.3, -0.25) is 13.6 Å². The van der Waals surface area contributed by atoms with Gasteiger partial charge in [0.25, 0.3) is 6.43 Å². The summed E-state index contributed by atoms with van der Waals surface area (Å²) in [6, 6.07) is 0. The number of amidine groups is 1. The van der Waals surface area contributed by atoms with Crippen LogP contribution in [0, 0.1) is 0 Å². The number of rotatable bonds is 7. The van der Waals surface area contributed by atoms with Gasteiger partial charge in [0.05, 0.1) is 19.0 Å². The number of ether oxygens (including phenoxy) is 1. The lowest BCUT2D eigenvalue weighted by molar-refractivity contribution is -0.167. The second-order valence-corrected chi connectivity index (χ2v) is 8.01. The summed E-state index contributed by atoms with van der Waals surface area (Å²) in [4.78, 5) is 17.8. The van der Waals surface area contributed by atoms with Gasteiger partial charge in [0.15, 0.2) is 11.4 Å². The molecule has 3 atom stereocenters. The molecule has 0 aliphatic carbocycles. The molecule has 2 aliphatic heterocycles. The van der Waals surface area contributed by atoms with E-state index in [1.165, 1.54) is 24.7 Å². The first-order valence-corrected chi connectivity index (χ1v) is 9.86. The number of nitrogens with zero attached hydrogens (tertiary/aromatic N) is 3. The summed E-state index contributed by atoms with van der Waals surface area (Å²) in [6.45, 7) is 2.54. The Morgan fingerprint density at radius 3 is 3.00 bits per heavy atom. The molecule has 1 fully saturated rings. The third-order valence-electron chi connectivity index (χ3n) is 4.24. The molecule has 0 aromatic carbocycles. The van der Waals surface area contributed by atoms with Crippen molar-refractivity contribution in [1.29, 1.82) is 0 Å². The molecule has 0 spiro atoms. The average Bonchev–Trinajstić information content (AvgIpc) is 3.17. The third kappa shape index (κ3) is 4.14. The highest BCUT2D eigenvalue weighted by atomic mass is 31.2. The van der Waals surface area contributed by atoms with E-state index in [1.54, 1.807) is 0 Å². The molecular formula is C14H22F2N5O5P. The lowest BCUT2D eigenvalue weighted by Gasteiger charge is -2.29. The summed E-state index contributed by atoms with van der Waals surface area (Å²) >= 11 is 0. The Morgan fingerprint density at radius 2 is 2.33 bits per heavy atom. The SMILES string of the molecule is CC(C)OP(=O)(O)OC[C@]1(C(F)F)CC[C@H](n2cnc3c2C(N)=NCN3)O1. The minimum absolute atomic E-state index is 0.0888. The number of hydrogen-bond donors (Lipinski definition) is 3. The number of aliphatic imine (C=N–C) groups is 1. The normalized spacial score (nSPS) is 27.4. The lowest BCUT2D eigenvalue weighted by atomic mass is 10.0. The van der Waals surface area contributed by atoms with Crippen LogP contribution in [0.25, 0.3) is 0 Å². The highest BCUT2D eigenvalue weighted by molar-refractivity contribution is 7.47. The molecule has 152 valence electrons. The average molecular weight is 409 g/mol. The van der Waals surface area contributed by atoms with Gasteiger partial charge in [-0.1, -0.05) is 0 Å². The third-order valence-corrected chi connectivity index (χ3v) is 5.38. The van der Waals surface area contributed by atoms with Gasteiger partial charge in [-0.25, -0.2) is 23.3 Å². The van der Waals surface area contributed by atoms with E-state index in [4.69, 9.17) is 19.5 Å². The topological polar surface area (TPSA) is 133 Å². The zero-order chi connectivity index (χ0) is 19.8. The van der Waals surface area contributed by atoms with Crippen LogP contribution in [-0.4, -0.2) is 51.7 Å². The highest BCUT2D eigenvalue weighted by Gasteiger charge is 2.50. The van der Waals surface area contributed by atoms with Crippen LogP contribution in [0.2, 0.25) is 0 Å². The van der Waals surface area contributed by atoms with Crippen molar-refractivity contribution in [3.63, 3.8) is 0 Å². The number of aromatic nitrogens is 2. The molecule has 0 amide bonds. The van der Waals surface area contributed by atoms with Crippen molar-refractivity contribution in [2.45, 2.75) is 51.0 Å². The molecule has 1 aromatic heterocycles. The van der Waals surface area contributed by atoms with Gasteiger partial charge in [0.2, 0.25) is 0 Å². The van der Waals surface area contributed by atoms with E-state index in [0.717, 1.165) is 0 Å². The number of phosphoric ester groups is 1. The summed E-state index contributed by atoms with van der Waals surface area (Å²) in [6.07, 6.45) is -2.79. The Hall–Kier alpha value is -1.59. The van der Waals surface area contributed by atoms with E-state index in [0.29, 0.717) is 11.5 Å². The summed E-state index contributed by atoms with van der Waals surface area (Å²) in [7, 11) is -4.47. The van der Waals surface area contributed by atoms with E-state index < -0.39 is 38.8 Å². The Bertz CT molecular complexity index is 773. The number of nitrogens with two attached hydrogens (primary N) is 1. The van der Waals surface area contributed by atoms with Crippen molar-refractivity contribution in [3.8, 4) is 0 Å². The summed E-state index contributed by atoms with van der Waals surface area (Å²) in [5, 5.41) is 2.93. The molecule has 27 heavy (non-hydrogen) atoms. The molecule has 2 aliphatic rings. The second-order valence-electron chi connectivity index (χ2n) is 6.60. The first-order chi connectivity index (χ1) is 12.6. The molecule has 3 heterocycles. The van der Waals surface area contributed by atoms with E-state index in [2.05, 4.69) is 15.3 Å². The number of imidazole rings is 1. The van der Waals surface area contributed by atoms with Gasteiger partial charge in [-0.15, -0.1) is 0 Å². The minimum Gasteiger partial charge on any atom is -0.382 e. The molecule has 1 unspecified atom stereocenters. The maximum absolute atomic E-state index is 13.8. The van der Waals surface area contributed by atoms with Crippen LogP contribution in [0.4, 0.5) is 14.6 Å². The number of fused-ring (bicyclic) bond motifs is 1. The van der Waals surface area contributed by atoms with Crippen molar-refractivity contribution in [2.24, 2.45) is 10.7 Å². The van der Waals surface area contributed by atoms with Crippen LogP contribution in [0.15, 0.2) is 11.3 Å². The van der Waals surface area contributed by atoms with Crippen molar-refractivity contribution in [2.75, 3.05) is 18.6 Å². The Labute approximate surface area is 154 Å². The highest BCUT2D eigenvalue weighted by Crippen LogP contribution is 2.49. The van der Waals surface area contributed by atoms with Crippen LogP contribution in [0.3, 0.4) is 0 Å². The quantitative estimate of drug-likeness (QED) is 0.581. The number of anilines is 1. The van der Waals surface area contributed by atoms with Crippen molar-refractivity contribution in [1.82, 2.24) is 9.55 Å². The Balaban J connectivity index is 1.76. The van der Waals surface area contributed by atoms with Crippen LogP contribution in [0.5, 0.6) is 0 Å². The summed E-state index contributed by atoms with van der Waals surface area (Å²) in [5.41, 5.74) is 4.29. The zero-order valence-corrected chi connectivity index (χ0v) is 15.7. The predicted octanol–water partition coefficient (Wildman–Crippen LogP) is 1.83. The molecule has 13 heteroatoms. The van der Waals surface area contributed by atoms with Crippen LogP contribution in [0.1, 0.15) is 38.6 Å². The van der Waals surface area contributed by atoms with E-state index in [-0.39, 0.29) is 25.3 Å². The molecule has 0 radical (unpaired) electrons. The van der Waals surface area contributed by atoms with Gasteiger partial charge in [-0.05, 0) is 26.7 Å². The minimum atomic E-state index is -4.47. The molecule has 1 aromatic rings. The standard InChI is InChI=1S/C14H22F2N5O5P/c1-8(2)26-27(22,23)24-5-14(13(15)16)4-3-9(25-14)21-7-20-12-10(21)11(17)18-6-19-12/h7-9,13,19H,3-6H2,1-2H3,(H2,17,18)(H,22,23)/t9-,14+/m1/s1. The van der Waals surface area contributed by atoms with Gasteiger partial charge >= 0.3 is 7.82 Å². The zero-order valence-electron chi connectivity index (χ0n) is 14.8. The van der Waals surface area contributed by atoms with Gasteiger partial charge in [-0.2, -0.15) is 0 Å². The lowest BCUT2D eigenvalue weighted by Crippen LogP contribution is -2.42. The smallest absolute Gasteiger partial charge is 0.382 e. The van der Waals surface area contributed by atoms with Gasteiger partial charge < -0.3 is 20.7 Å². The fraction of sp³-hybridized carbons (Fsp3) is 0.714. The van der Waals surface area contributed by atoms with Crippen LogP contribution in [-0.2, 0) is 18.3 Å². The van der Waals surface area contributed by atoms with Crippen LogP contribution < -0.4 is 11.1 Å². The van der Waals surface area contributed by atoms with Crippen molar-refractivity contribution in [3.05, 3.63) is 12.0 Å². The van der Waals surface area contributed by atoms with Crippen LogP contribution >= 0.6 is 7.82 Å². The van der Waals surface area contributed by atoms with Gasteiger partial charge in [0, 0.05) is 0 Å². The first-order valence-electron chi connectivity index (χ1n) is 8.36.